The number of hydrogen-bond donors (Lipinski definition) is 0. The van der Waals surface area contributed by atoms with Gasteiger partial charge in [-0.15, -0.1) is 0 Å². The second-order valence-corrected chi connectivity index (χ2v) is 13.5. The van der Waals surface area contributed by atoms with Crippen LogP contribution in [0.4, 0.5) is 0 Å². The molecule has 0 N–H and O–H groups in total. The highest BCUT2D eigenvalue weighted by molar-refractivity contribution is 6.99. The van der Waals surface area contributed by atoms with Crippen molar-refractivity contribution in [3.63, 3.8) is 0 Å². The first-order valence-electron chi connectivity index (χ1n) is 10.2. The van der Waals surface area contributed by atoms with Crippen molar-refractivity contribution in [1.29, 1.82) is 0 Å². The van der Waals surface area contributed by atoms with E-state index in [-0.39, 0.29) is 23.0 Å². The molecular weight excluding hydrogens is 364 g/mol. The summed E-state index contributed by atoms with van der Waals surface area (Å²) >= 11 is 0. The zero-order chi connectivity index (χ0) is 19.9. The van der Waals surface area contributed by atoms with Crippen LogP contribution < -0.4 is 10.4 Å². The standard InChI is InChI=1S/C24H30O3Si/c1-24(2,3)28(18-11-7-5-8-12-18,19-13-9-6-10-14-19)27-17-15-20-21(16-17)22(20)23(25)26-4/h5-14,17,20-22H,15-16H2,1-4H3. The Morgan fingerprint density at radius 1 is 0.893 bits per heavy atom. The van der Waals surface area contributed by atoms with Gasteiger partial charge in [0, 0.05) is 6.10 Å². The van der Waals surface area contributed by atoms with Crippen molar-refractivity contribution in [1.82, 2.24) is 0 Å². The molecule has 3 nitrogen and oxygen atoms in total. The van der Waals surface area contributed by atoms with Crippen LogP contribution in [0.5, 0.6) is 0 Å². The summed E-state index contributed by atoms with van der Waals surface area (Å²) in [6, 6.07) is 21.6. The molecule has 2 aromatic carbocycles. The Labute approximate surface area is 169 Å². The maximum atomic E-state index is 11.9. The first kappa shape index (κ1) is 19.4. The largest absolute Gasteiger partial charge is 0.469 e. The first-order chi connectivity index (χ1) is 13.4. The van der Waals surface area contributed by atoms with Gasteiger partial charge in [-0.05, 0) is 40.1 Å². The van der Waals surface area contributed by atoms with E-state index in [1.54, 1.807) is 0 Å². The number of benzene rings is 2. The van der Waals surface area contributed by atoms with Gasteiger partial charge >= 0.3 is 5.97 Å². The van der Waals surface area contributed by atoms with Gasteiger partial charge in [0.2, 0.25) is 0 Å². The van der Waals surface area contributed by atoms with Crippen LogP contribution in [0.2, 0.25) is 5.04 Å². The van der Waals surface area contributed by atoms with Crippen LogP contribution in [0.3, 0.4) is 0 Å². The number of rotatable bonds is 5. The van der Waals surface area contributed by atoms with Crippen molar-refractivity contribution in [2.45, 2.75) is 44.8 Å². The van der Waals surface area contributed by atoms with E-state index in [2.05, 4.69) is 81.4 Å². The molecule has 0 heterocycles. The van der Waals surface area contributed by atoms with Crippen LogP contribution in [0, 0.1) is 17.8 Å². The van der Waals surface area contributed by atoms with Gasteiger partial charge in [0.1, 0.15) is 0 Å². The minimum absolute atomic E-state index is 0.00968. The lowest BCUT2D eigenvalue weighted by Crippen LogP contribution is -2.67. The second-order valence-electron chi connectivity index (χ2n) is 9.25. The summed E-state index contributed by atoms with van der Waals surface area (Å²) in [4.78, 5) is 11.9. The molecule has 4 heteroatoms. The van der Waals surface area contributed by atoms with E-state index in [0.717, 1.165) is 12.8 Å². The lowest BCUT2D eigenvalue weighted by molar-refractivity contribution is -0.143. The quantitative estimate of drug-likeness (QED) is 0.572. The fraction of sp³-hybridized carbons (Fsp3) is 0.458. The molecule has 0 aromatic heterocycles. The van der Waals surface area contributed by atoms with Crippen molar-refractivity contribution in [2.24, 2.45) is 17.8 Å². The topological polar surface area (TPSA) is 35.5 Å². The van der Waals surface area contributed by atoms with E-state index < -0.39 is 8.32 Å². The van der Waals surface area contributed by atoms with Crippen LogP contribution in [-0.4, -0.2) is 27.5 Å². The average molecular weight is 395 g/mol. The Morgan fingerprint density at radius 3 is 1.75 bits per heavy atom. The molecule has 0 saturated heterocycles. The van der Waals surface area contributed by atoms with E-state index in [1.807, 2.05) is 0 Å². The third-order valence-corrected chi connectivity index (χ3v) is 11.7. The van der Waals surface area contributed by atoms with Gasteiger partial charge in [-0.25, -0.2) is 0 Å². The lowest BCUT2D eigenvalue weighted by atomic mass is 10.1. The minimum atomic E-state index is -2.50. The number of fused-ring (bicyclic) bond motifs is 1. The molecule has 0 amide bonds. The van der Waals surface area contributed by atoms with Gasteiger partial charge in [0.05, 0.1) is 13.0 Å². The SMILES string of the molecule is COC(=O)C1C2CC(O[Si](c3ccccc3)(c3ccccc3)C(C)(C)C)CC21. The molecule has 4 rings (SSSR count). The van der Waals surface area contributed by atoms with Crippen molar-refractivity contribution < 1.29 is 14.0 Å². The van der Waals surface area contributed by atoms with Crippen molar-refractivity contribution in [3.8, 4) is 0 Å². The molecular formula is C24H30O3Si. The smallest absolute Gasteiger partial charge is 0.309 e. The normalized spacial score (nSPS) is 26.6. The summed E-state index contributed by atoms with van der Waals surface area (Å²) < 4.78 is 12.2. The predicted octanol–water partition coefficient (Wildman–Crippen LogP) is 3.76. The Balaban J connectivity index is 1.68. The zero-order valence-electron chi connectivity index (χ0n) is 17.2. The molecule has 0 radical (unpaired) electrons. The van der Waals surface area contributed by atoms with Gasteiger partial charge in [-0.1, -0.05) is 81.4 Å². The highest BCUT2D eigenvalue weighted by Gasteiger charge is 2.62. The molecule has 2 aliphatic carbocycles. The van der Waals surface area contributed by atoms with Crippen molar-refractivity contribution in [3.05, 3.63) is 60.7 Å². The Bertz CT molecular complexity index is 776. The highest BCUT2D eigenvalue weighted by atomic mass is 28.4. The van der Waals surface area contributed by atoms with E-state index >= 15 is 0 Å². The molecule has 2 aliphatic rings. The number of carbonyl (C=O) groups excluding carboxylic acids is 1. The zero-order valence-corrected chi connectivity index (χ0v) is 18.2. The fourth-order valence-electron chi connectivity index (χ4n) is 5.31. The van der Waals surface area contributed by atoms with Crippen LogP contribution in [-0.2, 0) is 14.0 Å². The van der Waals surface area contributed by atoms with E-state index in [4.69, 9.17) is 9.16 Å². The van der Waals surface area contributed by atoms with E-state index in [9.17, 15) is 4.79 Å². The molecule has 0 spiro atoms. The van der Waals surface area contributed by atoms with Gasteiger partial charge < -0.3 is 9.16 Å². The molecule has 148 valence electrons. The van der Waals surface area contributed by atoms with Crippen molar-refractivity contribution in [2.75, 3.05) is 7.11 Å². The maximum absolute atomic E-state index is 11.9. The summed E-state index contributed by atoms with van der Waals surface area (Å²) in [5.41, 5.74) is 0. The number of methoxy groups -OCH3 is 1. The number of carbonyl (C=O) groups is 1. The molecule has 2 fully saturated rings. The molecule has 28 heavy (non-hydrogen) atoms. The fourth-order valence-corrected chi connectivity index (χ4v) is 10.0. The predicted molar refractivity (Wildman–Crippen MR) is 114 cm³/mol. The highest BCUT2D eigenvalue weighted by Crippen LogP contribution is 2.59. The molecule has 2 atom stereocenters. The Kier molecular flexibility index (Phi) is 4.96. The maximum Gasteiger partial charge on any atom is 0.309 e. The summed E-state index contributed by atoms with van der Waals surface area (Å²) in [7, 11) is -1.00. The van der Waals surface area contributed by atoms with E-state index in [1.165, 1.54) is 17.5 Å². The monoisotopic (exact) mass is 394 g/mol. The third kappa shape index (κ3) is 3.13. The summed E-state index contributed by atoms with van der Waals surface area (Å²) in [5.74, 6) is 0.939. The Morgan fingerprint density at radius 2 is 1.36 bits per heavy atom. The van der Waals surface area contributed by atoms with Gasteiger partial charge in [0.15, 0.2) is 0 Å². The second kappa shape index (κ2) is 7.16. The number of hydrogen-bond acceptors (Lipinski definition) is 3. The molecule has 2 unspecified atom stereocenters. The minimum Gasteiger partial charge on any atom is -0.469 e. The average Bonchev–Trinajstić information content (AvgIpc) is 3.20. The van der Waals surface area contributed by atoms with Crippen LogP contribution in [0.15, 0.2) is 60.7 Å². The molecule has 2 aromatic rings. The number of ether oxygens (including phenoxy) is 1. The van der Waals surface area contributed by atoms with E-state index in [0.29, 0.717) is 11.8 Å². The molecule has 0 bridgehead atoms. The van der Waals surface area contributed by atoms with Crippen LogP contribution >= 0.6 is 0 Å². The van der Waals surface area contributed by atoms with Gasteiger partial charge in [0.25, 0.3) is 8.32 Å². The Hall–Kier alpha value is -1.91. The summed E-state index contributed by atoms with van der Waals surface area (Å²) in [5, 5.41) is 2.63. The molecule has 0 aliphatic heterocycles. The summed E-state index contributed by atoms with van der Waals surface area (Å²) in [6.45, 7) is 6.93. The lowest BCUT2D eigenvalue weighted by Gasteiger charge is -2.45. The van der Waals surface area contributed by atoms with Crippen LogP contribution in [0.1, 0.15) is 33.6 Å². The molecule has 2 saturated carbocycles. The van der Waals surface area contributed by atoms with Gasteiger partial charge in [-0.3, -0.25) is 4.79 Å². The third-order valence-electron chi connectivity index (χ3n) is 6.64. The number of esters is 1. The van der Waals surface area contributed by atoms with Crippen molar-refractivity contribution >= 4 is 24.7 Å². The van der Waals surface area contributed by atoms with Crippen LogP contribution in [0.25, 0.3) is 0 Å². The summed E-state index contributed by atoms with van der Waals surface area (Å²) in [6.07, 6.45) is 2.14. The first-order valence-corrected chi connectivity index (χ1v) is 12.2. The van der Waals surface area contributed by atoms with Gasteiger partial charge in [-0.2, -0.15) is 0 Å².